The molecular formula is C9H12BrClN2. The normalized spacial score (nSPS) is 12.6. The lowest BCUT2D eigenvalue weighted by molar-refractivity contribution is 0.804. The lowest BCUT2D eigenvalue weighted by Crippen LogP contribution is -2.25. The van der Waals surface area contributed by atoms with Gasteiger partial charge in [0, 0.05) is 27.8 Å². The van der Waals surface area contributed by atoms with E-state index in [1.807, 2.05) is 25.1 Å². The molecule has 0 saturated carbocycles. The van der Waals surface area contributed by atoms with Crippen LogP contribution in [-0.2, 0) is 0 Å². The second-order valence-electron chi connectivity index (χ2n) is 2.94. The van der Waals surface area contributed by atoms with Gasteiger partial charge in [0.05, 0.1) is 0 Å². The fraction of sp³-hybridized carbons (Fsp3) is 0.333. The number of hydrogen-bond donors (Lipinski definition) is 2. The highest BCUT2D eigenvalue weighted by atomic mass is 79.9. The molecule has 3 N–H and O–H groups in total. The number of anilines is 1. The summed E-state index contributed by atoms with van der Waals surface area (Å²) < 4.78 is 0.965. The van der Waals surface area contributed by atoms with E-state index < -0.39 is 0 Å². The maximum atomic E-state index is 5.88. The van der Waals surface area contributed by atoms with Gasteiger partial charge in [-0.3, -0.25) is 0 Å². The minimum Gasteiger partial charge on any atom is -0.381 e. The van der Waals surface area contributed by atoms with Crippen LogP contribution in [0.2, 0.25) is 5.02 Å². The largest absolute Gasteiger partial charge is 0.381 e. The molecule has 0 fully saturated rings. The van der Waals surface area contributed by atoms with E-state index >= 15 is 0 Å². The number of benzene rings is 1. The Kier molecular flexibility index (Phi) is 4.03. The zero-order valence-corrected chi connectivity index (χ0v) is 9.69. The molecule has 0 amide bonds. The zero-order chi connectivity index (χ0) is 9.84. The molecular weight excluding hydrogens is 251 g/mol. The Balaban J connectivity index is 2.77. The van der Waals surface area contributed by atoms with E-state index in [1.165, 1.54) is 0 Å². The first-order valence-electron chi connectivity index (χ1n) is 4.04. The van der Waals surface area contributed by atoms with Gasteiger partial charge in [0.1, 0.15) is 0 Å². The van der Waals surface area contributed by atoms with Crippen LogP contribution in [0.25, 0.3) is 0 Å². The fourth-order valence-corrected chi connectivity index (χ4v) is 1.84. The standard InChI is InChI=1S/C9H12BrClN2/c1-6(5-12)13-9-3-7(10)2-8(11)4-9/h2-4,6,13H,5,12H2,1H3. The topological polar surface area (TPSA) is 38.0 Å². The van der Waals surface area contributed by atoms with Crippen LogP contribution < -0.4 is 11.1 Å². The molecule has 1 unspecified atom stereocenters. The first-order valence-corrected chi connectivity index (χ1v) is 5.21. The van der Waals surface area contributed by atoms with Crippen LogP contribution in [-0.4, -0.2) is 12.6 Å². The van der Waals surface area contributed by atoms with Crippen molar-refractivity contribution in [2.45, 2.75) is 13.0 Å². The minimum absolute atomic E-state index is 0.255. The summed E-state index contributed by atoms with van der Waals surface area (Å²) >= 11 is 9.24. The summed E-state index contributed by atoms with van der Waals surface area (Å²) in [5.74, 6) is 0. The quantitative estimate of drug-likeness (QED) is 0.880. The van der Waals surface area contributed by atoms with E-state index in [-0.39, 0.29) is 6.04 Å². The van der Waals surface area contributed by atoms with Crippen molar-refractivity contribution < 1.29 is 0 Å². The van der Waals surface area contributed by atoms with Gasteiger partial charge in [-0.25, -0.2) is 0 Å². The van der Waals surface area contributed by atoms with Gasteiger partial charge in [-0.05, 0) is 25.1 Å². The van der Waals surface area contributed by atoms with Crippen molar-refractivity contribution in [3.05, 3.63) is 27.7 Å². The highest BCUT2D eigenvalue weighted by Crippen LogP contribution is 2.23. The summed E-state index contributed by atoms with van der Waals surface area (Å²) in [5, 5.41) is 3.94. The van der Waals surface area contributed by atoms with Crippen LogP contribution in [0.15, 0.2) is 22.7 Å². The SMILES string of the molecule is CC(CN)Nc1cc(Cl)cc(Br)c1. The predicted octanol–water partition coefficient (Wildman–Crippen LogP) is 2.86. The van der Waals surface area contributed by atoms with Gasteiger partial charge in [0.2, 0.25) is 0 Å². The van der Waals surface area contributed by atoms with Crippen LogP contribution >= 0.6 is 27.5 Å². The summed E-state index contributed by atoms with van der Waals surface area (Å²) in [6, 6.07) is 5.95. The third kappa shape index (κ3) is 3.55. The van der Waals surface area contributed by atoms with Gasteiger partial charge in [-0.2, -0.15) is 0 Å². The average Bonchev–Trinajstić information content (AvgIpc) is 2.02. The summed E-state index contributed by atoms with van der Waals surface area (Å²) in [5.41, 5.74) is 6.47. The molecule has 1 atom stereocenters. The zero-order valence-electron chi connectivity index (χ0n) is 7.35. The molecule has 0 aliphatic rings. The molecule has 0 aliphatic heterocycles. The molecule has 1 rings (SSSR count). The molecule has 0 spiro atoms. The van der Waals surface area contributed by atoms with Gasteiger partial charge in [-0.1, -0.05) is 27.5 Å². The second-order valence-corrected chi connectivity index (χ2v) is 4.29. The fourth-order valence-electron chi connectivity index (χ4n) is 0.981. The van der Waals surface area contributed by atoms with Crippen molar-refractivity contribution in [1.82, 2.24) is 0 Å². The molecule has 72 valence electrons. The van der Waals surface area contributed by atoms with E-state index in [0.29, 0.717) is 11.6 Å². The first kappa shape index (κ1) is 10.8. The smallest absolute Gasteiger partial charge is 0.0437 e. The molecule has 13 heavy (non-hydrogen) atoms. The maximum Gasteiger partial charge on any atom is 0.0437 e. The second kappa shape index (κ2) is 4.84. The third-order valence-corrected chi connectivity index (χ3v) is 2.31. The molecule has 0 aromatic heterocycles. The minimum atomic E-state index is 0.255. The first-order chi connectivity index (χ1) is 6.11. The molecule has 2 nitrogen and oxygen atoms in total. The monoisotopic (exact) mass is 262 g/mol. The van der Waals surface area contributed by atoms with Crippen molar-refractivity contribution in [2.75, 3.05) is 11.9 Å². The molecule has 0 saturated heterocycles. The van der Waals surface area contributed by atoms with Gasteiger partial charge in [0.15, 0.2) is 0 Å². The Morgan fingerprint density at radius 2 is 2.23 bits per heavy atom. The summed E-state index contributed by atoms with van der Waals surface area (Å²) in [7, 11) is 0. The summed E-state index contributed by atoms with van der Waals surface area (Å²) in [6.45, 7) is 2.62. The molecule has 4 heteroatoms. The number of nitrogens with one attached hydrogen (secondary N) is 1. The van der Waals surface area contributed by atoms with E-state index in [0.717, 1.165) is 10.2 Å². The van der Waals surface area contributed by atoms with Crippen molar-refractivity contribution in [1.29, 1.82) is 0 Å². The van der Waals surface area contributed by atoms with Crippen LogP contribution in [0.4, 0.5) is 5.69 Å². The Labute approximate surface area is 91.6 Å². The molecule has 1 aromatic carbocycles. The van der Waals surface area contributed by atoms with Crippen molar-refractivity contribution >= 4 is 33.2 Å². The van der Waals surface area contributed by atoms with E-state index in [2.05, 4.69) is 21.2 Å². The van der Waals surface area contributed by atoms with Crippen molar-refractivity contribution in [2.24, 2.45) is 5.73 Å². The van der Waals surface area contributed by atoms with Gasteiger partial charge < -0.3 is 11.1 Å². The van der Waals surface area contributed by atoms with Crippen LogP contribution in [0, 0.1) is 0 Å². The Bertz CT molecular complexity index is 271. The molecule has 0 heterocycles. The Morgan fingerprint density at radius 1 is 1.54 bits per heavy atom. The summed E-state index contributed by atoms with van der Waals surface area (Å²) in [6.07, 6.45) is 0. The van der Waals surface area contributed by atoms with Gasteiger partial charge in [-0.15, -0.1) is 0 Å². The molecule has 0 bridgehead atoms. The highest BCUT2D eigenvalue weighted by molar-refractivity contribution is 9.10. The van der Waals surface area contributed by atoms with Crippen LogP contribution in [0.5, 0.6) is 0 Å². The lowest BCUT2D eigenvalue weighted by atomic mass is 10.2. The molecule has 1 aromatic rings. The van der Waals surface area contributed by atoms with Crippen LogP contribution in [0.1, 0.15) is 6.92 Å². The van der Waals surface area contributed by atoms with E-state index in [1.54, 1.807) is 0 Å². The predicted molar refractivity (Wildman–Crippen MR) is 61.3 cm³/mol. The Morgan fingerprint density at radius 3 is 2.77 bits per heavy atom. The molecule has 0 radical (unpaired) electrons. The van der Waals surface area contributed by atoms with E-state index in [4.69, 9.17) is 17.3 Å². The van der Waals surface area contributed by atoms with Crippen LogP contribution in [0.3, 0.4) is 0 Å². The van der Waals surface area contributed by atoms with Gasteiger partial charge in [0.25, 0.3) is 0 Å². The van der Waals surface area contributed by atoms with Gasteiger partial charge >= 0.3 is 0 Å². The third-order valence-electron chi connectivity index (χ3n) is 1.63. The number of rotatable bonds is 3. The van der Waals surface area contributed by atoms with Crippen molar-refractivity contribution in [3.8, 4) is 0 Å². The number of nitrogens with two attached hydrogens (primary N) is 1. The average molecular weight is 264 g/mol. The van der Waals surface area contributed by atoms with Crippen molar-refractivity contribution in [3.63, 3.8) is 0 Å². The molecule has 0 aliphatic carbocycles. The maximum absolute atomic E-state index is 5.88. The number of hydrogen-bond acceptors (Lipinski definition) is 2. The van der Waals surface area contributed by atoms with E-state index in [9.17, 15) is 0 Å². The summed E-state index contributed by atoms with van der Waals surface area (Å²) in [4.78, 5) is 0. The highest BCUT2D eigenvalue weighted by Gasteiger charge is 2.00. The lowest BCUT2D eigenvalue weighted by Gasteiger charge is -2.13. The Hall–Kier alpha value is -0.250. The number of halogens is 2.